The second-order valence-corrected chi connectivity index (χ2v) is 6.86. The summed E-state index contributed by atoms with van der Waals surface area (Å²) in [6, 6.07) is 9.38. The lowest BCUT2D eigenvalue weighted by Crippen LogP contribution is -2.32. The molecular formula is C19H25N3O2. The number of nitrogens with one attached hydrogen (secondary N) is 2. The maximum atomic E-state index is 11.9. The van der Waals surface area contributed by atoms with Gasteiger partial charge in [-0.05, 0) is 43.0 Å². The average molecular weight is 327 g/mol. The van der Waals surface area contributed by atoms with Crippen molar-refractivity contribution in [3.8, 4) is 5.75 Å². The number of rotatable bonds is 4. The molecule has 0 aliphatic rings. The summed E-state index contributed by atoms with van der Waals surface area (Å²) < 4.78 is 5.76. The van der Waals surface area contributed by atoms with E-state index in [-0.39, 0.29) is 18.2 Å². The van der Waals surface area contributed by atoms with E-state index < -0.39 is 0 Å². The lowest BCUT2D eigenvalue weighted by molar-refractivity contribution is 0.233. The highest BCUT2D eigenvalue weighted by Crippen LogP contribution is 2.31. The number of pyridine rings is 1. The van der Waals surface area contributed by atoms with E-state index >= 15 is 0 Å². The third-order valence-corrected chi connectivity index (χ3v) is 3.57. The lowest BCUT2D eigenvalue weighted by atomic mass is 9.85. The molecule has 24 heavy (non-hydrogen) atoms. The maximum absolute atomic E-state index is 11.9. The second kappa shape index (κ2) is 7.34. The van der Waals surface area contributed by atoms with Gasteiger partial charge in [-0.3, -0.25) is 4.98 Å². The molecule has 0 saturated carbocycles. The standard InChI is InChI=1S/C19H25N3O2/c1-13-6-9-17(16(10-13)19(3,4)5)24-12-21-18(23)22-15-8-7-14(2)20-11-15/h6-11H,12H2,1-5H3,(H2,21,22,23). The number of amides is 2. The van der Waals surface area contributed by atoms with Crippen LogP contribution in [0.1, 0.15) is 37.6 Å². The van der Waals surface area contributed by atoms with Crippen molar-refractivity contribution in [2.45, 2.75) is 40.0 Å². The molecule has 2 rings (SSSR count). The summed E-state index contributed by atoms with van der Waals surface area (Å²) in [7, 11) is 0. The van der Waals surface area contributed by atoms with Gasteiger partial charge in [-0.15, -0.1) is 0 Å². The molecule has 0 bridgehead atoms. The molecule has 1 heterocycles. The smallest absolute Gasteiger partial charge is 0.321 e. The molecule has 5 heteroatoms. The highest BCUT2D eigenvalue weighted by atomic mass is 16.5. The number of carbonyl (C=O) groups excluding carboxylic acids is 1. The highest BCUT2D eigenvalue weighted by Gasteiger charge is 2.19. The van der Waals surface area contributed by atoms with Crippen LogP contribution in [-0.4, -0.2) is 17.7 Å². The fourth-order valence-electron chi connectivity index (χ4n) is 2.25. The van der Waals surface area contributed by atoms with Gasteiger partial charge in [-0.1, -0.05) is 38.5 Å². The van der Waals surface area contributed by atoms with Crippen LogP contribution in [0.2, 0.25) is 0 Å². The number of urea groups is 1. The van der Waals surface area contributed by atoms with Gasteiger partial charge in [0.25, 0.3) is 0 Å². The largest absolute Gasteiger partial charge is 0.473 e. The van der Waals surface area contributed by atoms with Crippen LogP contribution in [0.15, 0.2) is 36.5 Å². The Balaban J connectivity index is 1.92. The summed E-state index contributed by atoms with van der Waals surface area (Å²) in [5, 5.41) is 5.40. The predicted molar refractivity (Wildman–Crippen MR) is 96.5 cm³/mol. The van der Waals surface area contributed by atoms with Gasteiger partial charge in [0.15, 0.2) is 6.73 Å². The third kappa shape index (κ3) is 4.98. The van der Waals surface area contributed by atoms with Crippen molar-refractivity contribution >= 4 is 11.7 Å². The van der Waals surface area contributed by atoms with E-state index in [1.54, 1.807) is 12.3 Å². The van der Waals surface area contributed by atoms with Crippen LogP contribution in [0, 0.1) is 13.8 Å². The monoisotopic (exact) mass is 327 g/mol. The Labute approximate surface area is 143 Å². The van der Waals surface area contributed by atoms with Gasteiger partial charge >= 0.3 is 6.03 Å². The zero-order chi connectivity index (χ0) is 17.7. The number of anilines is 1. The molecule has 0 aliphatic carbocycles. The molecule has 0 unspecified atom stereocenters. The van der Waals surface area contributed by atoms with Crippen LogP contribution in [0.25, 0.3) is 0 Å². The zero-order valence-electron chi connectivity index (χ0n) is 14.9. The summed E-state index contributed by atoms with van der Waals surface area (Å²) in [6.45, 7) is 10.5. The minimum atomic E-state index is -0.329. The van der Waals surface area contributed by atoms with Gasteiger partial charge < -0.3 is 15.4 Å². The molecule has 2 N–H and O–H groups in total. The van der Waals surface area contributed by atoms with Crippen molar-refractivity contribution in [1.82, 2.24) is 10.3 Å². The molecule has 128 valence electrons. The molecule has 2 amide bonds. The number of hydrogen-bond donors (Lipinski definition) is 2. The van der Waals surface area contributed by atoms with E-state index in [2.05, 4.69) is 49.4 Å². The summed E-state index contributed by atoms with van der Waals surface area (Å²) >= 11 is 0. The Morgan fingerprint density at radius 1 is 1.17 bits per heavy atom. The topological polar surface area (TPSA) is 63.2 Å². The van der Waals surface area contributed by atoms with Crippen molar-refractivity contribution in [2.24, 2.45) is 0 Å². The fraction of sp³-hybridized carbons (Fsp3) is 0.368. The van der Waals surface area contributed by atoms with Gasteiger partial charge in [0.05, 0.1) is 11.9 Å². The number of aryl methyl sites for hydroxylation is 2. The molecule has 0 spiro atoms. The zero-order valence-corrected chi connectivity index (χ0v) is 14.9. The Morgan fingerprint density at radius 2 is 1.92 bits per heavy atom. The number of benzene rings is 1. The lowest BCUT2D eigenvalue weighted by Gasteiger charge is -2.23. The van der Waals surface area contributed by atoms with E-state index in [0.717, 1.165) is 17.0 Å². The van der Waals surface area contributed by atoms with Crippen molar-refractivity contribution in [3.63, 3.8) is 0 Å². The molecule has 5 nitrogen and oxygen atoms in total. The average Bonchev–Trinajstić information content (AvgIpc) is 2.50. The SMILES string of the molecule is Cc1ccc(OCNC(=O)Nc2ccc(C)nc2)c(C(C)(C)C)c1. The first-order valence-electron chi connectivity index (χ1n) is 7.97. The van der Waals surface area contributed by atoms with Crippen LogP contribution < -0.4 is 15.4 Å². The summed E-state index contributed by atoms with van der Waals surface area (Å²) in [5.74, 6) is 0.783. The predicted octanol–water partition coefficient (Wildman–Crippen LogP) is 4.15. The van der Waals surface area contributed by atoms with Crippen LogP contribution in [0.3, 0.4) is 0 Å². The van der Waals surface area contributed by atoms with Crippen molar-refractivity contribution in [2.75, 3.05) is 12.0 Å². The fourth-order valence-corrected chi connectivity index (χ4v) is 2.25. The van der Waals surface area contributed by atoms with Crippen molar-refractivity contribution < 1.29 is 9.53 Å². The Morgan fingerprint density at radius 3 is 2.54 bits per heavy atom. The number of hydrogen-bond acceptors (Lipinski definition) is 3. The van der Waals surface area contributed by atoms with Gasteiger partial charge in [-0.2, -0.15) is 0 Å². The molecule has 1 aromatic heterocycles. The second-order valence-electron chi connectivity index (χ2n) is 6.86. The first-order valence-corrected chi connectivity index (χ1v) is 7.97. The molecule has 0 aliphatic heterocycles. The van der Waals surface area contributed by atoms with Crippen LogP contribution >= 0.6 is 0 Å². The molecule has 0 fully saturated rings. The minimum Gasteiger partial charge on any atom is -0.473 e. The summed E-state index contributed by atoms with van der Waals surface area (Å²) in [6.07, 6.45) is 1.62. The minimum absolute atomic E-state index is 0.0306. The summed E-state index contributed by atoms with van der Waals surface area (Å²) in [5.41, 5.74) is 3.82. The molecular weight excluding hydrogens is 302 g/mol. The Bertz CT molecular complexity index is 704. The van der Waals surface area contributed by atoms with Crippen molar-refractivity contribution in [1.29, 1.82) is 0 Å². The Hall–Kier alpha value is -2.56. The van der Waals surface area contributed by atoms with E-state index in [1.807, 2.05) is 25.1 Å². The molecule has 0 radical (unpaired) electrons. The third-order valence-electron chi connectivity index (χ3n) is 3.57. The summed E-state index contributed by atoms with van der Waals surface area (Å²) in [4.78, 5) is 16.0. The van der Waals surface area contributed by atoms with Crippen LogP contribution in [-0.2, 0) is 5.41 Å². The number of nitrogens with zero attached hydrogens (tertiary/aromatic N) is 1. The van der Waals surface area contributed by atoms with Gasteiger partial charge in [0, 0.05) is 5.69 Å². The first kappa shape index (κ1) is 17.8. The van der Waals surface area contributed by atoms with E-state index in [4.69, 9.17) is 4.74 Å². The van der Waals surface area contributed by atoms with Gasteiger partial charge in [0.1, 0.15) is 5.75 Å². The van der Waals surface area contributed by atoms with Crippen LogP contribution in [0.4, 0.5) is 10.5 Å². The maximum Gasteiger partial charge on any atom is 0.321 e. The van der Waals surface area contributed by atoms with E-state index in [1.165, 1.54) is 5.56 Å². The normalized spacial score (nSPS) is 11.0. The number of carbonyl (C=O) groups is 1. The Kier molecular flexibility index (Phi) is 5.44. The molecule has 0 atom stereocenters. The number of aromatic nitrogens is 1. The van der Waals surface area contributed by atoms with Gasteiger partial charge in [0.2, 0.25) is 0 Å². The van der Waals surface area contributed by atoms with Crippen LogP contribution in [0.5, 0.6) is 5.75 Å². The number of ether oxygens (including phenoxy) is 1. The van der Waals surface area contributed by atoms with E-state index in [9.17, 15) is 4.79 Å². The quantitative estimate of drug-likeness (QED) is 0.829. The van der Waals surface area contributed by atoms with Gasteiger partial charge in [-0.25, -0.2) is 4.79 Å². The first-order chi connectivity index (χ1) is 11.3. The molecule has 0 saturated heterocycles. The highest BCUT2D eigenvalue weighted by molar-refractivity contribution is 5.88. The van der Waals surface area contributed by atoms with Crippen molar-refractivity contribution in [3.05, 3.63) is 53.3 Å². The molecule has 1 aromatic carbocycles. The molecule has 2 aromatic rings. The van der Waals surface area contributed by atoms with E-state index in [0.29, 0.717) is 5.69 Å².